The number of nitrogens with zero attached hydrogens (tertiary/aromatic N) is 6. The number of nitrogens with one attached hydrogen (secondary N) is 1. The molecule has 138 valence electrons. The van der Waals surface area contributed by atoms with Crippen LogP contribution in [0.3, 0.4) is 0 Å². The van der Waals surface area contributed by atoms with Gasteiger partial charge in [0, 0.05) is 31.4 Å². The smallest absolute Gasteiger partial charge is 0.229 e. The quantitative estimate of drug-likeness (QED) is 0.753. The van der Waals surface area contributed by atoms with Gasteiger partial charge in [0.15, 0.2) is 11.6 Å². The molecule has 1 saturated carbocycles. The molecule has 0 radical (unpaired) electrons. The number of fused-ring (bicyclic) bond motifs is 1. The van der Waals surface area contributed by atoms with Gasteiger partial charge >= 0.3 is 0 Å². The summed E-state index contributed by atoms with van der Waals surface area (Å²) in [4.78, 5) is 9.10. The zero-order valence-corrected chi connectivity index (χ0v) is 15.3. The number of hydrogen-bond donors (Lipinski definition) is 1. The summed E-state index contributed by atoms with van der Waals surface area (Å²) in [7, 11) is 0. The largest absolute Gasteiger partial charge is 0.339 e. The fourth-order valence-electron chi connectivity index (χ4n) is 3.79. The zero-order chi connectivity index (χ0) is 16.6. The Labute approximate surface area is 157 Å². The van der Waals surface area contributed by atoms with Gasteiger partial charge in [0.2, 0.25) is 5.89 Å². The Balaban J connectivity index is 0.00000168. The molecule has 5 rings (SSSR count). The van der Waals surface area contributed by atoms with Gasteiger partial charge in [-0.2, -0.15) is 10.1 Å². The van der Waals surface area contributed by atoms with Crippen molar-refractivity contribution in [2.24, 2.45) is 0 Å². The zero-order valence-electron chi connectivity index (χ0n) is 14.5. The van der Waals surface area contributed by atoms with Crippen molar-refractivity contribution in [3.8, 4) is 11.5 Å². The van der Waals surface area contributed by atoms with E-state index in [1.807, 2.05) is 10.8 Å². The highest BCUT2D eigenvalue weighted by Crippen LogP contribution is 2.33. The Hall–Kier alpha value is -2.19. The van der Waals surface area contributed by atoms with E-state index in [0.29, 0.717) is 18.3 Å². The van der Waals surface area contributed by atoms with Gasteiger partial charge in [-0.1, -0.05) is 18.0 Å². The van der Waals surface area contributed by atoms with Crippen molar-refractivity contribution >= 4 is 12.4 Å². The maximum Gasteiger partial charge on any atom is 0.229 e. The Morgan fingerprint density at radius 1 is 1.27 bits per heavy atom. The second-order valence-corrected chi connectivity index (χ2v) is 6.83. The Morgan fingerprint density at radius 3 is 3.00 bits per heavy atom. The minimum Gasteiger partial charge on any atom is -0.339 e. The molecule has 0 unspecified atom stereocenters. The van der Waals surface area contributed by atoms with Crippen LogP contribution in [0.5, 0.6) is 0 Å². The number of aromatic nitrogens is 6. The predicted molar refractivity (Wildman–Crippen MR) is 97.0 cm³/mol. The van der Waals surface area contributed by atoms with E-state index >= 15 is 0 Å². The Kier molecular flexibility index (Phi) is 4.78. The molecular weight excluding hydrogens is 354 g/mol. The summed E-state index contributed by atoms with van der Waals surface area (Å²) >= 11 is 0. The number of hydrogen-bond acceptors (Lipinski definition) is 6. The fourth-order valence-corrected chi connectivity index (χ4v) is 3.79. The van der Waals surface area contributed by atoms with Crippen LogP contribution >= 0.6 is 12.4 Å². The molecule has 0 saturated heterocycles. The van der Waals surface area contributed by atoms with Gasteiger partial charge in [-0.3, -0.25) is 4.68 Å². The summed E-state index contributed by atoms with van der Waals surface area (Å²) in [6.07, 6.45) is 8.57. The van der Waals surface area contributed by atoms with Crippen LogP contribution in [-0.2, 0) is 19.6 Å². The lowest BCUT2D eigenvalue weighted by atomic mass is 10.1. The lowest BCUT2D eigenvalue weighted by Gasteiger charge is -2.13. The van der Waals surface area contributed by atoms with E-state index in [4.69, 9.17) is 9.62 Å². The second kappa shape index (κ2) is 7.20. The molecule has 1 fully saturated rings. The van der Waals surface area contributed by atoms with E-state index in [1.54, 1.807) is 6.20 Å². The molecule has 0 amide bonds. The topological polar surface area (TPSA) is 86.6 Å². The number of rotatable bonds is 4. The third kappa shape index (κ3) is 3.14. The molecule has 4 heterocycles. The highest BCUT2D eigenvalue weighted by Gasteiger charge is 2.23. The molecule has 0 bridgehead atoms. The van der Waals surface area contributed by atoms with Crippen LogP contribution in [0.2, 0.25) is 0 Å². The molecule has 1 N–H and O–H groups in total. The third-order valence-corrected chi connectivity index (χ3v) is 5.11. The van der Waals surface area contributed by atoms with Crippen LogP contribution in [0.1, 0.15) is 49.0 Å². The van der Waals surface area contributed by atoms with Gasteiger partial charge in [-0.25, -0.2) is 4.98 Å². The highest BCUT2D eigenvalue weighted by atomic mass is 35.5. The summed E-state index contributed by atoms with van der Waals surface area (Å²) in [5.41, 5.74) is 2.09. The predicted octanol–water partition coefficient (Wildman–Crippen LogP) is 2.36. The van der Waals surface area contributed by atoms with E-state index in [-0.39, 0.29) is 12.4 Å². The van der Waals surface area contributed by atoms with Crippen LogP contribution in [0.25, 0.3) is 11.5 Å². The highest BCUT2D eigenvalue weighted by molar-refractivity contribution is 5.85. The Bertz CT molecular complexity index is 854. The summed E-state index contributed by atoms with van der Waals surface area (Å²) in [5.74, 6) is 2.77. The molecule has 2 aliphatic rings. The van der Waals surface area contributed by atoms with Crippen LogP contribution in [0.4, 0.5) is 0 Å². The average Bonchev–Trinajstić information content (AvgIpc) is 3.41. The first kappa shape index (κ1) is 17.2. The van der Waals surface area contributed by atoms with Crippen molar-refractivity contribution in [1.82, 2.24) is 34.8 Å². The first-order valence-corrected chi connectivity index (χ1v) is 8.98. The molecule has 8 nitrogen and oxygen atoms in total. The van der Waals surface area contributed by atoms with Crippen LogP contribution < -0.4 is 5.32 Å². The first-order chi connectivity index (χ1) is 12.4. The molecule has 3 aromatic heterocycles. The van der Waals surface area contributed by atoms with Crippen molar-refractivity contribution in [3.05, 3.63) is 35.9 Å². The van der Waals surface area contributed by atoms with Crippen molar-refractivity contribution in [2.75, 3.05) is 6.54 Å². The van der Waals surface area contributed by atoms with Crippen LogP contribution in [0, 0.1) is 0 Å². The molecule has 26 heavy (non-hydrogen) atoms. The van der Waals surface area contributed by atoms with Gasteiger partial charge < -0.3 is 14.4 Å². The number of halogens is 1. The van der Waals surface area contributed by atoms with Gasteiger partial charge in [0.1, 0.15) is 5.69 Å². The number of imidazole rings is 1. The maximum atomic E-state index is 5.49. The standard InChI is InChI=1S/C17H21N7O.ClH/c1-2-4-12(3-1)17-20-15(22-25-17)11-23-7-6-19-16(23)14-9-13-10-18-5-8-24(13)21-14;/h6-7,9,12,18H,1-5,8,10-11H2;1H. The van der Waals surface area contributed by atoms with Crippen molar-refractivity contribution in [3.63, 3.8) is 0 Å². The van der Waals surface area contributed by atoms with Crippen LogP contribution in [0.15, 0.2) is 23.0 Å². The van der Waals surface area contributed by atoms with Gasteiger partial charge in [-0.05, 0) is 18.9 Å². The van der Waals surface area contributed by atoms with Crippen molar-refractivity contribution in [1.29, 1.82) is 0 Å². The maximum absolute atomic E-state index is 5.49. The van der Waals surface area contributed by atoms with Crippen LogP contribution in [-0.4, -0.2) is 36.0 Å². The van der Waals surface area contributed by atoms with E-state index in [0.717, 1.165) is 49.9 Å². The van der Waals surface area contributed by atoms with E-state index < -0.39 is 0 Å². The minimum absolute atomic E-state index is 0. The summed E-state index contributed by atoms with van der Waals surface area (Å²) in [6, 6.07) is 2.10. The van der Waals surface area contributed by atoms with Gasteiger partial charge in [-0.15, -0.1) is 12.4 Å². The lowest BCUT2D eigenvalue weighted by Crippen LogP contribution is -2.28. The monoisotopic (exact) mass is 375 g/mol. The molecule has 3 aromatic rings. The summed E-state index contributed by atoms with van der Waals surface area (Å²) in [5, 5.41) is 12.2. The van der Waals surface area contributed by atoms with Crippen molar-refractivity contribution in [2.45, 2.75) is 51.2 Å². The lowest BCUT2D eigenvalue weighted by molar-refractivity contribution is 0.349. The molecular formula is C17H22ClN7O. The van der Waals surface area contributed by atoms with E-state index in [9.17, 15) is 0 Å². The molecule has 9 heteroatoms. The van der Waals surface area contributed by atoms with Gasteiger partial charge in [0.05, 0.1) is 18.8 Å². The molecule has 0 aromatic carbocycles. The van der Waals surface area contributed by atoms with E-state index in [1.165, 1.54) is 18.5 Å². The van der Waals surface area contributed by atoms with Gasteiger partial charge in [0.25, 0.3) is 0 Å². The molecule has 0 atom stereocenters. The Morgan fingerprint density at radius 2 is 2.15 bits per heavy atom. The summed E-state index contributed by atoms with van der Waals surface area (Å²) in [6.45, 7) is 3.25. The minimum atomic E-state index is 0. The fraction of sp³-hybridized carbons (Fsp3) is 0.529. The normalized spacial score (nSPS) is 17.2. The molecule has 1 aliphatic carbocycles. The third-order valence-electron chi connectivity index (χ3n) is 5.11. The summed E-state index contributed by atoms with van der Waals surface area (Å²) < 4.78 is 9.57. The average molecular weight is 376 g/mol. The van der Waals surface area contributed by atoms with E-state index in [2.05, 4.69) is 31.2 Å². The SMILES string of the molecule is Cl.c1cn(Cc2noc(C3CCCC3)n2)c(-c2cc3n(n2)CCNC3)n1. The van der Waals surface area contributed by atoms with Crippen molar-refractivity contribution < 1.29 is 4.52 Å². The molecule has 0 spiro atoms. The second-order valence-electron chi connectivity index (χ2n) is 6.83. The first-order valence-electron chi connectivity index (χ1n) is 8.98. The molecule has 1 aliphatic heterocycles.